The lowest BCUT2D eigenvalue weighted by Crippen LogP contribution is -2.31. The first-order chi connectivity index (χ1) is 19.8. The summed E-state index contributed by atoms with van der Waals surface area (Å²) >= 11 is 0. The zero-order valence-electron chi connectivity index (χ0n) is 24.6. The summed E-state index contributed by atoms with van der Waals surface area (Å²) in [7, 11) is 0. The van der Waals surface area contributed by atoms with Crippen molar-refractivity contribution < 1.29 is 42.8 Å². The van der Waals surface area contributed by atoms with Gasteiger partial charge in [-0.25, -0.2) is 9.18 Å². The topological polar surface area (TPSA) is 161 Å². The summed E-state index contributed by atoms with van der Waals surface area (Å²) in [5, 5.41) is 17.9. The molecule has 0 atom stereocenters. The van der Waals surface area contributed by atoms with Crippen molar-refractivity contribution in [2.75, 3.05) is 33.0 Å². The van der Waals surface area contributed by atoms with E-state index in [9.17, 15) is 19.5 Å². The van der Waals surface area contributed by atoms with Crippen LogP contribution in [0.15, 0.2) is 18.2 Å². The Hall–Kier alpha value is -4.35. The van der Waals surface area contributed by atoms with Gasteiger partial charge in [0.05, 0.1) is 31.9 Å². The average Bonchev–Trinajstić information content (AvgIpc) is 3.21. The summed E-state index contributed by atoms with van der Waals surface area (Å²) in [5.74, 6) is -2.43. The first-order valence-corrected chi connectivity index (χ1v) is 13.7. The molecule has 2 aromatic rings. The maximum Gasteiger partial charge on any atom is 0.341 e. The van der Waals surface area contributed by atoms with Crippen molar-refractivity contribution in [1.29, 1.82) is 5.41 Å². The molecule has 12 heteroatoms. The number of hydrogen-bond acceptors (Lipinski definition) is 8. The molecule has 1 aliphatic rings. The average molecular weight is 588 g/mol. The minimum absolute atomic E-state index is 0.0565. The summed E-state index contributed by atoms with van der Waals surface area (Å²) in [4.78, 5) is 37.5. The minimum atomic E-state index is -1.19. The Bertz CT molecular complexity index is 1370. The van der Waals surface area contributed by atoms with Gasteiger partial charge in [0.25, 0.3) is 0 Å². The normalized spacial score (nSPS) is 12.6. The van der Waals surface area contributed by atoms with Crippen LogP contribution in [0.1, 0.15) is 74.5 Å². The third-order valence-electron chi connectivity index (χ3n) is 6.46. The molecule has 1 aliphatic heterocycles. The van der Waals surface area contributed by atoms with E-state index in [0.717, 1.165) is 0 Å². The largest absolute Gasteiger partial charge is 0.490 e. The highest BCUT2D eigenvalue weighted by atomic mass is 19.1. The van der Waals surface area contributed by atoms with E-state index in [4.69, 9.17) is 30.1 Å². The number of ether oxygens (including phenoxy) is 4. The number of carboxylic acids is 1. The zero-order valence-corrected chi connectivity index (χ0v) is 24.6. The number of hydrogen-bond donors (Lipinski definition) is 3. The Kier molecular flexibility index (Phi) is 10.4. The van der Waals surface area contributed by atoms with E-state index >= 15 is 4.39 Å². The maximum atomic E-state index is 15.5. The van der Waals surface area contributed by atoms with E-state index in [1.807, 2.05) is 20.8 Å². The van der Waals surface area contributed by atoms with E-state index in [1.54, 1.807) is 26.0 Å². The SMILES string of the molecule is CCOc1cc2c(c(F)c1OCC)C(=N)N(CC(=O)c1cc(OCCCC(N)=O)c(OCC(=O)O)c(C(C)(C)C)c1)C2. The number of Topliss-reactive ketones (excluding diaryl/α,β-unsaturated/α-hetero) is 1. The summed E-state index contributed by atoms with van der Waals surface area (Å²) in [5.41, 5.74) is 5.97. The Morgan fingerprint density at radius 2 is 1.69 bits per heavy atom. The van der Waals surface area contributed by atoms with E-state index in [0.29, 0.717) is 24.2 Å². The van der Waals surface area contributed by atoms with Crippen molar-refractivity contribution in [3.05, 3.63) is 46.3 Å². The molecule has 2 aromatic carbocycles. The van der Waals surface area contributed by atoms with Gasteiger partial charge < -0.3 is 34.7 Å². The highest BCUT2D eigenvalue weighted by Gasteiger charge is 2.34. The molecule has 42 heavy (non-hydrogen) atoms. The van der Waals surface area contributed by atoms with Gasteiger partial charge in [0.2, 0.25) is 5.91 Å². The van der Waals surface area contributed by atoms with E-state index < -0.39 is 29.7 Å². The molecule has 0 radical (unpaired) electrons. The molecule has 1 heterocycles. The number of nitrogens with two attached hydrogens (primary N) is 1. The monoisotopic (exact) mass is 587 g/mol. The fourth-order valence-corrected chi connectivity index (χ4v) is 4.56. The first kappa shape index (κ1) is 32.2. The lowest BCUT2D eigenvalue weighted by Gasteiger charge is -2.26. The van der Waals surface area contributed by atoms with Crippen LogP contribution >= 0.6 is 0 Å². The number of aliphatic carboxylic acids is 1. The molecular formula is C30H38FN3O8. The van der Waals surface area contributed by atoms with E-state index in [1.165, 1.54) is 11.0 Å². The predicted octanol–water partition coefficient (Wildman–Crippen LogP) is 4.05. The molecule has 0 spiro atoms. The molecule has 4 N–H and O–H groups in total. The minimum Gasteiger partial charge on any atom is -0.490 e. The summed E-state index contributed by atoms with van der Waals surface area (Å²) in [6.07, 6.45) is 0.388. The van der Waals surface area contributed by atoms with Crippen molar-refractivity contribution in [2.24, 2.45) is 5.73 Å². The van der Waals surface area contributed by atoms with Crippen LogP contribution in [0.25, 0.3) is 0 Å². The molecule has 11 nitrogen and oxygen atoms in total. The Morgan fingerprint density at radius 1 is 1.02 bits per heavy atom. The Labute approximate surface area is 244 Å². The van der Waals surface area contributed by atoms with Crippen LogP contribution in [-0.2, 0) is 21.5 Å². The van der Waals surface area contributed by atoms with Crippen LogP contribution in [-0.4, -0.2) is 66.5 Å². The maximum absolute atomic E-state index is 15.5. The fourth-order valence-electron chi connectivity index (χ4n) is 4.56. The number of carboxylic acid groups (broad SMARTS) is 1. The predicted molar refractivity (Wildman–Crippen MR) is 153 cm³/mol. The van der Waals surface area contributed by atoms with Gasteiger partial charge in [-0.15, -0.1) is 0 Å². The number of ketones is 1. The third-order valence-corrected chi connectivity index (χ3v) is 6.46. The number of amides is 1. The van der Waals surface area contributed by atoms with Gasteiger partial charge in [0.15, 0.2) is 41.2 Å². The second-order valence-electron chi connectivity index (χ2n) is 10.7. The number of nitrogens with one attached hydrogen (secondary N) is 1. The fraction of sp³-hybridized carbons (Fsp3) is 0.467. The molecule has 0 saturated carbocycles. The van der Waals surface area contributed by atoms with Gasteiger partial charge >= 0.3 is 5.97 Å². The van der Waals surface area contributed by atoms with Crippen LogP contribution in [0.3, 0.4) is 0 Å². The quantitative estimate of drug-likeness (QED) is 0.206. The second-order valence-corrected chi connectivity index (χ2v) is 10.7. The molecule has 3 rings (SSSR count). The van der Waals surface area contributed by atoms with Gasteiger partial charge in [0, 0.05) is 24.1 Å². The number of halogens is 1. The molecule has 228 valence electrons. The van der Waals surface area contributed by atoms with Crippen LogP contribution in [0.5, 0.6) is 23.0 Å². The highest BCUT2D eigenvalue weighted by Crippen LogP contribution is 2.41. The van der Waals surface area contributed by atoms with Crippen molar-refractivity contribution in [1.82, 2.24) is 4.90 Å². The number of amidine groups is 1. The molecule has 1 amide bonds. The number of rotatable bonds is 15. The van der Waals surface area contributed by atoms with Gasteiger partial charge in [-0.2, -0.15) is 0 Å². The molecule has 0 bridgehead atoms. The van der Waals surface area contributed by atoms with Gasteiger partial charge in [-0.1, -0.05) is 20.8 Å². The number of carbonyl (C=O) groups excluding carboxylic acids is 2. The highest BCUT2D eigenvalue weighted by molar-refractivity contribution is 6.06. The Balaban J connectivity index is 1.95. The van der Waals surface area contributed by atoms with Crippen molar-refractivity contribution >= 4 is 23.5 Å². The number of fused-ring (bicyclic) bond motifs is 1. The van der Waals surface area contributed by atoms with Gasteiger partial charge in [0.1, 0.15) is 5.84 Å². The second kappa shape index (κ2) is 13.5. The zero-order chi connectivity index (χ0) is 31.2. The van der Waals surface area contributed by atoms with Crippen molar-refractivity contribution in [3.8, 4) is 23.0 Å². The number of carbonyl (C=O) groups is 3. The van der Waals surface area contributed by atoms with Crippen molar-refractivity contribution in [2.45, 2.75) is 59.4 Å². The van der Waals surface area contributed by atoms with Gasteiger partial charge in [-0.3, -0.25) is 15.0 Å². The number of nitrogens with zero attached hydrogens (tertiary/aromatic N) is 1. The summed E-state index contributed by atoms with van der Waals surface area (Å²) in [6.45, 7) is 8.96. The molecule has 0 fully saturated rings. The van der Waals surface area contributed by atoms with E-state index in [-0.39, 0.29) is 78.5 Å². The molecule has 0 aromatic heterocycles. The lowest BCUT2D eigenvalue weighted by molar-refractivity contribution is -0.139. The van der Waals surface area contributed by atoms with Crippen LogP contribution < -0.4 is 24.7 Å². The van der Waals surface area contributed by atoms with E-state index in [2.05, 4.69) is 0 Å². The van der Waals surface area contributed by atoms with Crippen LogP contribution in [0, 0.1) is 11.2 Å². The molecule has 0 saturated heterocycles. The standard InChI is InChI=1S/C30H38FN3O8/c1-6-39-22-13-18-14-34(29(33)25(18)26(31)28(22)40-7-2)15-20(35)17-11-19(30(3,4)5)27(42-16-24(37)38)21(12-17)41-10-8-9-23(32)36/h11-13,33H,6-10,14-16H2,1-5H3,(H2,32,36)(H,37,38). The van der Waals surface area contributed by atoms with Crippen LogP contribution in [0.2, 0.25) is 0 Å². The first-order valence-electron chi connectivity index (χ1n) is 13.7. The summed E-state index contributed by atoms with van der Waals surface area (Å²) in [6, 6.07) is 4.70. The van der Waals surface area contributed by atoms with Crippen LogP contribution in [0.4, 0.5) is 4.39 Å². The summed E-state index contributed by atoms with van der Waals surface area (Å²) < 4.78 is 38.0. The van der Waals surface area contributed by atoms with Crippen molar-refractivity contribution in [3.63, 3.8) is 0 Å². The van der Waals surface area contributed by atoms with Gasteiger partial charge in [-0.05, 0) is 49.4 Å². The Morgan fingerprint density at radius 3 is 2.29 bits per heavy atom. The molecule has 0 aliphatic carbocycles. The smallest absolute Gasteiger partial charge is 0.341 e. The number of primary amides is 1. The lowest BCUT2D eigenvalue weighted by atomic mass is 9.84. The third kappa shape index (κ3) is 7.48. The molecular weight excluding hydrogens is 549 g/mol. The number of benzene rings is 2. The molecule has 0 unspecified atom stereocenters.